The molecule has 0 spiro atoms. The van der Waals surface area contributed by atoms with E-state index < -0.39 is 0 Å². The highest BCUT2D eigenvalue weighted by Gasteiger charge is 2.30. The van der Waals surface area contributed by atoms with Gasteiger partial charge in [-0.2, -0.15) is 0 Å². The summed E-state index contributed by atoms with van der Waals surface area (Å²) < 4.78 is 0.842. The minimum absolute atomic E-state index is 0.0122. The van der Waals surface area contributed by atoms with E-state index in [1.165, 1.54) is 0 Å². The Balaban J connectivity index is 2.01. The van der Waals surface area contributed by atoms with Crippen LogP contribution in [0, 0.1) is 5.41 Å². The zero-order valence-electron chi connectivity index (χ0n) is 16.8. The first-order chi connectivity index (χ1) is 14.1. The second kappa shape index (κ2) is 7.92. The van der Waals surface area contributed by atoms with Crippen molar-refractivity contribution in [1.29, 1.82) is 0 Å². The fourth-order valence-electron chi connectivity index (χ4n) is 3.39. The van der Waals surface area contributed by atoms with E-state index in [0.29, 0.717) is 27.1 Å². The summed E-state index contributed by atoms with van der Waals surface area (Å²) in [4.78, 5) is 22.6. The number of nitrogens with zero attached hydrogens (tertiary/aromatic N) is 2. The number of aliphatic imine (C=N–C) groups is 1. The number of ketones is 1. The number of fused-ring (bicyclic) bond motifs is 1. The predicted octanol–water partition coefficient (Wildman–Crippen LogP) is 8.19. The van der Waals surface area contributed by atoms with Crippen LogP contribution in [0.15, 0.2) is 58.0 Å². The Bertz CT molecular complexity index is 1200. The van der Waals surface area contributed by atoms with Crippen molar-refractivity contribution in [3.63, 3.8) is 0 Å². The van der Waals surface area contributed by atoms with Gasteiger partial charge in [-0.25, -0.2) is 4.98 Å². The molecule has 0 atom stereocenters. The van der Waals surface area contributed by atoms with Gasteiger partial charge in [0.05, 0.1) is 17.8 Å². The van der Waals surface area contributed by atoms with Crippen LogP contribution in [0.3, 0.4) is 0 Å². The third kappa shape index (κ3) is 4.09. The van der Waals surface area contributed by atoms with Crippen LogP contribution in [0.4, 0.5) is 5.69 Å². The normalized spacial score (nSPS) is 13.8. The predicted molar refractivity (Wildman–Crippen MR) is 128 cm³/mol. The van der Waals surface area contributed by atoms with Gasteiger partial charge >= 0.3 is 0 Å². The molecule has 2 heterocycles. The number of aromatic nitrogens is 1. The van der Waals surface area contributed by atoms with Crippen molar-refractivity contribution in [2.24, 2.45) is 10.4 Å². The molecule has 1 aliphatic heterocycles. The number of benzene rings is 2. The summed E-state index contributed by atoms with van der Waals surface area (Å²) in [5, 5.41) is 1.27. The summed E-state index contributed by atoms with van der Waals surface area (Å²) in [5.74, 6) is -0.0122. The number of carbonyl (C=O) groups excluding carboxylic acids is 1. The van der Waals surface area contributed by atoms with Crippen molar-refractivity contribution < 1.29 is 4.79 Å². The lowest BCUT2D eigenvalue weighted by Gasteiger charge is -2.25. The number of carbonyl (C=O) groups is 1. The topological polar surface area (TPSA) is 42.3 Å². The first kappa shape index (κ1) is 21.2. The van der Waals surface area contributed by atoms with Gasteiger partial charge in [0.1, 0.15) is 5.69 Å². The van der Waals surface area contributed by atoms with E-state index in [2.05, 4.69) is 36.7 Å². The lowest BCUT2D eigenvalue weighted by Crippen LogP contribution is -2.26. The zero-order chi connectivity index (χ0) is 21.6. The SMILES string of the molecule is CC(C)(C)C1=Nc2cc(-c3ccc(Cl)cc3Br)c(-c3ccc(Cl)cc3)nc2C(=O)C1. The Labute approximate surface area is 194 Å². The molecule has 30 heavy (non-hydrogen) atoms. The van der Waals surface area contributed by atoms with Crippen molar-refractivity contribution in [3.05, 3.63) is 68.7 Å². The van der Waals surface area contributed by atoms with E-state index >= 15 is 0 Å². The molecule has 0 saturated carbocycles. The summed E-state index contributed by atoms with van der Waals surface area (Å²) in [5.41, 5.74) is 5.04. The van der Waals surface area contributed by atoms with Crippen molar-refractivity contribution in [2.75, 3.05) is 0 Å². The molecule has 3 aromatic rings. The second-order valence-electron chi connectivity index (χ2n) is 8.29. The molecular formula is C24H19BrCl2N2O. The van der Waals surface area contributed by atoms with Crippen LogP contribution in [0.25, 0.3) is 22.4 Å². The molecule has 0 bridgehead atoms. The van der Waals surface area contributed by atoms with Gasteiger partial charge in [-0.05, 0) is 35.9 Å². The lowest BCUT2D eigenvalue weighted by molar-refractivity contribution is 0.0992. The molecule has 0 N–H and O–H groups in total. The number of hydrogen-bond donors (Lipinski definition) is 0. The molecule has 0 unspecified atom stereocenters. The summed E-state index contributed by atoms with van der Waals surface area (Å²) in [6.07, 6.45) is 0.285. The maximum atomic E-state index is 12.9. The average Bonchev–Trinajstić information content (AvgIpc) is 2.67. The maximum Gasteiger partial charge on any atom is 0.189 e. The molecule has 1 aromatic heterocycles. The molecule has 6 heteroatoms. The Morgan fingerprint density at radius 3 is 2.20 bits per heavy atom. The van der Waals surface area contributed by atoms with Crippen molar-refractivity contribution in [3.8, 4) is 22.4 Å². The molecular weight excluding hydrogens is 483 g/mol. The number of pyridine rings is 1. The van der Waals surface area contributed by atoms with Gasteiger partial charge < -0.3 is 0 Å². The third-order valence-electron chi connectivity index (χ3n) is 5.05. The quantitative estimate of drug-likeness (QED) is 0.355. The van der Waals surface area contributed by atoms with Crippen LogP contribution < -0.4 is 0 Å². The Kier molecular flexibility index (Phi) is 5.60. The van der Waals surface area contributed by atoms with Gasteiger partial charge in [0, 0.05) is 36.8 Å². The van der Waals surface area contributed by atoms with E-state index in [1.807, 2.05) is 48.5 Å². The number of halogens is 3. The van der Waals surface area contributed by atoms with Crippen molar-refractivity contribution >= 4 is 56.3 Å². The van der Waals surface area contributed by atoms with Crippen LogP contribution in [0.1, 0.15) is 37.7 Å². The maximum absolute atomic E-state index is 12.9. The van der Waals surface area contributed by atoms with Crippen LogP contribution >= 0.6 is 39.1 Å². The van der Waals surface area contributed by atoms with E-state index in [9.17, 15) is 4.79 Å². The first-order valence-electron chi connectivity index (χ1n) is 9.51. The van der Waals surface area contributed by atoms with Crippen LogP contribution in [0.5, 0.6) is 0 Å². The molecule has 152 valence electrons. The lowest BCUT2D eigenvalue weighted by atomic mass is 9.84. The summed E-state index contributed by atoms with van der Waals surface area (Å²) in [7, 11) is 0. The Hall–Kier alpha value is -2.01. The number of rotatable bonds is 2. The van der Waals surface area contributed by atoms with E-state index in [4.69, 9.17) is 33.2 Å². The van der Waals surface area contributed by atoms with Crippen LogP contribution in [0.2, 0.25) is 10.0 Å². The van der Waals surface area contributed by atoms with E-state index in [1.54, 1.807) is 0 Å². The fraction of sp³-hybridized carbons (Fsp3) is 0.208. The minimum Gasteiger partial charge on any atom is -0.292 e. The molecule has 0 amide bonds. The molecule has 2 aromatic carbocycles. The number of Topliss-reactive ketones (excluding diaryl/α,β-unsaturated/α-hetero) is 1. The number of hydrogen-bond acceptors (Lipinski definition) is 3. The molecule has 0 aliphatic carbocycles. The van der Waals surface area contributed by atoms with Gasteiger partial charge in [-0.1, -0.05) is 78.1 Å². The second-order valence-corrected chi connectivity index (χ2v) is 10.0. The van der Waals surface area contributed by atoms with Gasteiger partial charge in [0.2, 0.25) is 0 Å². The van der Waals surface area contributed by atoms with E-state index in [0.717, 1.165) is 26.9 Å². The summed E-state index contributed by atoms with van der Waals surface area (Å²) in [6, 6.07) is 15.0. The summed E-state index contributed by atoms with van der Waals surface area (Å²) in [6.45, 7) is 6.20. The highest BCUT2D eigenvalue weighted by molar-refractivity contribution is 9.10. The zero-order valence-corrected chi connectivity index (χ0v) is 19.9. The van der Waals surface area contributed by atoms with Gasteiger partial charge in [0.25, 0.3) is 0 Å². The molecule has 1 aliphatic rings. The van der Waals surface area contributed by atoms with Crippen LogP contribution in [-0.2, 0) is 0 Å². The van der Waals surface area contributed by atoms with Gasteiger partial charge in [-0.3, -0.25) is 9.79 Å². The van der Waals surface area contributed by atoms with Gasteiger partial charge in [0.15, 0.2) is 5.78 Å². The Morgan fingerprint density at radius 1 is 0.900 bits per heavy atom. The molecule has 0 radical (unpaired) electrons. The highest BCUT2D eigenvalue weighted by Crippen LogP contribution is 2.41. The minimum atomic E-state index is -0.191. The smallest absolute Gasteiger partial charge is 0.189 e. The average molecular weight is 502 g/mol. The van der Waals surface area contributed by atoms with Gasteiger partial charge in [-0.15, -0.1) is 0 Å². The summed E-state index contributed by atoms with van der Waals surface area (Å²) >= 11 is 15.9. The highest BCUT2D eigenvalue weighted by atomic mass is 79.9. The first-order valence-corrected chi connectivity index (χ1v) is 11.1. The molecule has 4 rings (SSSR count). The molecule has 0 fully saturated rings. The fourth-order valence-corrected chi connectivity index (χ4v) is 4.41. The molecule has 0 saturated heterocycles. The van der Waals surface area contributed by atoms with Crippen molar-refractivity contribution in [2.45, 2.75) is 27.2 Å². The van der Waals surface area contributed by atoms with E-state index in [-0.39, 0.29) is 17.6 Å². The monoisotopic (exact) mass is 500 g/mol. The standard InChI is InChI=1S/C24H19BrCl2N2O/c1-24(2,3)21-12-20(30)23-19(28-21)11-17(16-9-8-15(27)10-18(16)25)22(29-23)13-4-6-14(26)7-5-13/h4-11H,12H2,1-3H3. The Morgan fingerprint density at radius 2 is 1.57 bits per heavy atom. The largest absolute Gasteiger partial charge is 0.292 e. The third-order valence-corrected chi connectivity index (χ3v) is 6.20. The van der Waals surface area contributed by atoms with Crippen molar-refractivity contribution in [1.82, 2.24) is 4.98 Å². The van der Waals surface area contributed by atoms with Crippen LogP contribution in [-0.4, -0.2) is 16.5 Å². The molecule has 3 nitrogen and oxygen atoms in total.